The second-order valence-corrected chi connectivity index (χ2v) is 10.0. The lowest BCUT2D eigenvalue weighted by Crippen LogP contribution is -2.45. The maximum atomic E-state index is 12.6. The highest BCUT2D eigenvalue weighted by atomic mass is 16.6. The fourth-order valence-corrected chi connectivity index (χ4v) is 5.75. The molecule has 0 aromatic heterocycles. The molecule has 6 atom stereocenters. The van der Waals surface area contributed by atoms with Crippen molar-refractivity contribution < 1.29 is 9.53 Å². The van der Waals surface area contributed by atoms with Gasteiger partial charge in [-0.3, -0.25) is 4.79 Å². The molecule has 26 heavy (non-hydrogen) atoms. The van der Waals surface area contributed by atoms with Crippen molar-refractivity contribution in [1.29, 1.82) is 0 Å². The Morgan fingerprint density at radius 3 is 2.81 bits per heavy atom. The molecule has 0 spiro atoms. The van der Waals surface area contributed by atoms with E-state index in [1.54, 1.807) is 0 Å². The second kappa shape index (κ2) is 8.04. The highest BCUT2D eigenvalue weighted by Crippen LogP contribution is 2.56. The van der Waals surface area contributed by atoms with Gasteiger partial charge in [0.1, 0.15) is 6.10 Å². The monoisotopic (exact) mass is 361 g/mol. The first kappa shape index (κ1) is 19.9. The van der Waals surface area contributed by atoms with Crippen molar-refractivity contribution in [2.45, 2.75) is 91.2 Å². The van der Waals surface area contributed by atoms with E-state index in [2.05, 4.69) is 39.6 Å². The highest BCUT2D eigenvalue weighted by Gasteiger charge is 2.54. The van der Waals surface area contributed by atoms with Crippen LogP contribution in [0.2, 0.25) is 0 Å². The first-order chi connectivity index (χ1) is 12.3. The minimum absolute atomic E-state index is 0.0341. The number of allylic oxidation sites excluding steroid dienone is 1. The number of hydrogen-bond donors (Lipinski definition) is 1. The lowest BCUT2D eigenvalue weighted by atomic mass is 9.55. The summed E-state index contributed by atoms with van der Waals surface area (Å²) in [6.45, 7) is 14.4. The van der Waals surface area contributed by atoms with Crippen molar-refractivity contribution in [2.24, 2.45) is 29.1 Å². The van der Waals surface area contributed by atoms with Crippen LogP contribution < -0.4 is 5.32 Å². The van der Waals surface area contributed by atoms with Crippen molar-refractivity contribution >= 4 is 5.97 Å². The van der Waals surface area contributed by atoms with Crippen molar-refractivity contribution in [3.05, 3.63) is 12.2 Å². The Morgan fingerprint density at radius 1 is 1.31 bits per heavy atom. The van der Waals surface area contributed by atoms with E-state index in [1.807, 2.05) is 0 Å². The van der Waals surface area contributed by atoms with E-state index in [0.717, 1.165) is 25.3 Å². The molecule has 1 N–H and O–H groups in total. The molecule has 0 aromatic carbocycles. The lowest BCUT2D eigenvalue weighted by molar-refractivity contribution is -0.146. The lowest BCUT2D eigenvalue weighted by Gasteiger charge is -2.50. The molecule has 1 aliphatic heterocycles. The molecular formula is C23H39NO2. The van der Waals surface area contributed by atoms with Crippen LogP contribution in [-0.2, 0) is 9.53 Å². The summed E-state index contributed by atoms with van der Waals surface area (Å²) in [5.41, 5.74) is 1.72. The van der Waals surface area contributed by atoms with Crippen LogP contribution in [0.5, 0.6) is 0 Å². The molecule has 6 unspecified atom stereocenters. The van der Waals surface area contributed by atoms with Gasteiger partial charge in [-0.2, -0.15) is 0 Å². The van der Waals surface area contributed by atoms with Gasteiger partial charge in [-0.15, -0.1) is 0 Å². The molecule has 148 valence electrons. The van der Waals surface area contributed by atoms with Crippen LogP contribution in [-0.4, -0.2) is 24.7 Å². The van der Waals surface area contributed by atoms with Gasteiger partial charge in [0.05, 0.1) is 5.92 Å². The Balaban J connectivity index is 1.56. The maximum absolute atomic E-state index is 12.6. The van der Waals surface area contributed by atoms with Crippen LogP contribution in [0, 0.1) is 29.1 Å². The summed E-state index contributed by atoms with van der Waals surface area (Å²) in [5.74, 6) is 1.80. The van der Waals surface area contributed by atoms with Gasteiger partial charge in [-0.25, -0.2) is 0 Å². The predicted octanol–water partition coefficient (Wildman–Crippen LogP) is 5.11. The van der Waals surface area contributed by atoms with E-state index in [0.29, 0.717) is 23.3 Å². The number of hydrogen-bond acceptors (Lipinski definition) is 3. The summed E-state index contributed by atoms with van der Waals surface area (Å²) in [6, 6.07) is 0.471. The van der Waals surface area contributed by atoms with Gasteiger partial charge in [0.15, 0.2) is 0 Å². The second-order valence-electron chi connectivity index (χ2n) is 10.0. The van der Waals surface area contributed by atoms with E-state index >= 15 is 0 Å². The molecule has 0 aromatic rings. The number of esters is 1. The van der Waals surface area contributed by atoms with Gasteiger partial charge in [0.25, 0.3) is 0 Å². The summed E-state index contributed by atoms with van der Waals surface area (Å²) < 4.78 is 5.86. The molecule has 1 saturated heterocycles. The third kappa shape index (κ3) is 4.18. The van der Waals surface area contributed by atoms with Crippen molar-refractivity contribution in [1.82, 2.24) is 5.32 Å². The van der Waals surface area contributed by atoms with Crippen LogP contribution in [0.1, 0.15) is 79.1 Å². The number of carbonyl (C=O) groups is 1. The van der Waals surface area contributed by atoms with E-state index in [1.165, 1.54) is 44.1 Å². The highest BCUT2D eigenvalue weighted by molar-refractivity contribution is 5.75. The minimum Gasteiger partial charge on any atom is -0.462 e. The quantitative estimate of drug-likeness (QED) is 0.506. The predicted molar refractivity (Wildman–Crippen MR) is 107 cm³/mol. The molecule has 3 fully saturated rings. The molecule has 3 nitrogen and oxygen atoms in total. The third-order valence-corrected chi connectivity index (χ3v) is 7.42. The number of nitrogens with one attached hydrogen (secondary N) is 1. The number of ether oxygens (including phenoxy) is 1. The van der Waals surface area contributed by atoms with Gasteiger partial charge in [-0.1, -0.05) is 45.8 Å². The van der Waals surface area contributed by atoms with Gasteiger partial charge < -0.3 is 10.1 Å². The zero-order valence-corrected chi connectivity index (χ0v) is 17.4. The van der Waals surface area contributed by atoms with Crippen LogP contribution >= 0.6 is 0 Å². The molecule has 0 bridgehead atoms. The zero-order valence-electron chi connectivity index (χ0n) is 17.4. The molecule has 0 radical (unpaired) electrons. The van der Waals surface area contributed by atoms with Gasteiger partial charge in [0, 0.05) is 18.5 Å². The third-order valence-electron chi connectivity index (χ3n) is 7.42. The molecule has 3 heteroatoms. The fraction of sp³-hybridized carbons (Fsp3) is 0.870. The normalized spacial score (nSPS) is 38.0. The van der Waals surface area contributed by atoms with Crippen LogP contribution in [0.3, 0.4) is 0 Å². The largest absolute Gasteiger partial charge is 0.462 e. The van der Waals surface area contributed by atoms with Gasteiger partial charge >= 0.3 is 5.97 Å². The first-order valence-corrected chi connectivity index (χ1v) is 10.9. The van der Waals surface area contributed by atoms with Gasteiger partial charge in [0.2, 0.25) is 0 Å². The molecule has 2 saturated carbocycles. The first-order valence-electron chi connectivity index (χ1n) is 10.9. The summed E-state index contributed by atoms with van der Waals surface area (Å²) in [5, 5.41) is 3.63. The molecule has 0 amide bonds. The Kier molecular flexibility index (Phi) is 6.16. The average Bonchev–Trinajstić information content (AvgIpc) is 2.84. The standard InChI is InChI=1S/C23H39NO2/c1-15(2)8-6-10-17(4)24-14-19-18-12-20-16(3)9-7-11-23(20,5)13-21(18)26-22(19)25/h15,17-21,24H,3,6-14H2,1-2,4-5H3. The maximum Gasteiger partial charge on any atom is 0.310 e. The minimum atomic E-state index is 0.0341. The fourth-order valence-electron chi connectivity index (χ4n) is 5.75. The number of fused-ring (bicyclic) bond motifs is 2. The average molecular weight is 362 g/mol. The van der Waals surface area contributed by atoms with Crippen LogP contribution in [0.15, 0.2) is 12.2 Å². The summed E-state index contributed by atoms with van der Waals surface area (Å²) in [6.07, 6.45) is 9.67. The smallest absolute Gasteiger partial charge is 0.310 e. The van der Waals surface area contributed by atoms with Gasteiger partial charge in [-0.05, 0) is 62.7 Å². The van der Waals surface area contributed by atoms with Crippen molar-refractivity contribution in [2.75, 3.05) is 6.54 Å². The molecule has 1 heterocycles. The Morgan fingerprint density at radius 2 is 2.08 bits per heavy atom. The Bertz CT molecular complexity index is 528. The molecule has 2 aliphatic carbocycles. The van der Waals surface area contributed by atoms with Crippen LogP contribution in [0.25, 0.3) is 0 Å². The Labute approximate surface area is 160 Å². The van der Waals surface area contributed by atoms with E-state index in [-0.39, 0.29) is 18.0 Å². The SMILES string of the molecule is C=C1CCCC2(C)CC3OC(=O)C(CNC(C)CCCC(C)C)C3CC12. The van der Waals surface area contributed by atoms with E-state index in [4.69, 9.17) is 4.74 Å². The topological polar surface area (TPSA) is 38.3 Å². The van der Waals surface area contributed by atoms with Crippen molar-refractivity contribution in [3.8, 4) is 0 Å². The number of carbonyl (C=O) groups excluding carboxylic acids is 1. The van der Waals surface area contributed by atoms with E-state index in [9.17, 15) is 4.79 Å². The van der Waals surface area contributed by atoms with E-state index < -0.39 is 0 Å². The molecule has 3 rings (SSSR count). The zero-order chi connectivity index (χ0) is 18.9. The molecular weight excluding hydrogens is 322 g/mol. The summed E-state index contributed by atoms with van der Waals surface area (Å²) in [7, 11) is 0. The molecule has 3 aliphatic rings. The number of rotatable bonds is 7. The summed E-state index contributed by atoms with van der Waals surface area (Å²) >= 11 is 0. The summed E-state index contributed by atoms with van der Waals surface area (Å²) in [4.78, 5) is 12.6. The Hall–Kier alpha value is -0.830. The van der Waals surface area contributed by atoms with Crippen molar-refractivity contribution in [3.63, 3.8) is 0 Å². The van der Waals surface area contributed by atoms with Crippen LogP contribution in [0.4, 0.5) is 0 Å².